The van der Waals surface area contributed by atoms with Crippen LogP contribution in [0, 0.1) is 0 Å². The predicted molar refractivity (Wildman–Crippen MR) is 315 cm³/mol. The van der Waals surface area contributed by atoms with Crippen LogP contribution in [0.2, 0.25) is 0 Å². The summed E-state index contributed by atoms with van der Waals surface area (Å²) in [7, 11) is 0. The van der Waals surface area contributed by atoms with Gasteiger partial charge in [0.25, 0.3) is 0 Å². The van der Waals surface area contributed by atoms with Crippen LogP contribution in [-0.4, -0.2) is 327 Å². The van der Waals surface area contributed by atoms with Crippen LogP contribution in [0.25, 0.3) is 11.1 Å². The first-order chi connectivity index (χ1) is 42.9. The van der Waals surface area contributed by atoms with E-state index in [0.29, 0.717) is 304 Å². The van der Waals surface area contributed by atoms with E-state index in [1.165, 1.54) is 0 Å². The van der Waals surface area contributed by atoms with Crippen LogP contribution in [0.5, 0.6) is 11.5 Å². The average molecular weight is 1240 g/mol. The monoisotopic (exact) mass is 1240 g/mol. The standard InChI is InChI=1S/C60H106O26/c61-9-11-63-13-15-65-17-19-67-21-23-69-25-27-71-29-31-73-33-35-75-37-39-77-41-43-79-45-47-81-49-51-83-53-55-85-59-7-3-1-5-57(59)58-6-2-4-8-60(58)86-56-54-84-52-50-82-48-46-80-44-42-78-40-38-76-36-34-74-32-30-72-28-26-70-24-22-68-20-18-66-16-14-64-12-10-62/h1-8,61-62H,9-56H2. The molecule has 502 valence electrons. The van der Waals surface area contributed by atoms with E-state index in [0.717, 1.165) is 22.6 Å². The summed E-state index contributed by atoms with van der Waals surface area (Å²) in [5.41, 5.74) is 1.84. The third-order valence-corrected chi connectivity index (χ3v) is 10.9. The van der Waals surface area contributed by atoms with Crippen LogP contribution >= 0.6 is 0 Å². The van der Waals surface area contributed by atoms with E-state index < -0.39 is 0 Å². The van der Waals surface area contributed by atoms with E-state index in [2.05, 4.69) is 0 Å². The smallest absolute Gasteiger partial charge is 0.127 e. The minimum atomic E-state index is 0.0155. The summed E-state index contributed by atoms with van der Waals surface area (Å²) in [5.74, 6) is 1.47. The quantitative estimate of drug-likeness (QED) is 0.0902. The van der Waals surface area contributed by atoms with Gasteiger partial charge in [0.05, 0.1) is 304 Å². The number of rotatable bonds is 73. The van der Waals surface area contributed by atoms with E-state index in [4.69, 9.17) is 124 Å². The maximum Gasteiger partial charge on any atom is 0.127 e. The molecular weight excluding hydrogens is 1140 g/mol. The molecule has 0 aromatic heterocycles. The molecule has 0 aliphatic rings. The van der Waals surface area contributed by atoms with Gasteiger partial charge >= 0.3 is 0 Å². The fraction of sp³-hybridized carbons (Fsp3) is 0.800. The van der Waals surface area contributed by atoms with Crippen molar-refractivity contribution in [1.82, 2.24) is 0 Å². The molecule has 0 unspecified atom stereocenters. The van der Waals surface area contributed by atoms with Gasteiger partial charge in [0.1, 0.15) is 24.7 Å². The first kappa shape index (κ1) is 79.2. The molecule has 2 N–H and O–H groups in total. The van der Waals surface area contributed by atoms with Gasteiger partial charge < -0.3 is 124 Å². The first-order valence-electron chi connectivity index (χ1n) is 30.2. The van der Waals surface area contributed by atoms with Crippen molar-refractivity contribution in [2.75, 3.05) is 317 Å². The van der Waals surface area contributed by atoms with Crippen molar-refractivity contribution in [2.24, 2.45) is 0 Å². The van der Waals surface area contributed by atoms with E-state index in [1.54, 1.807) is 0 Å². The molecule has 2 aromatic carbocycles. The van der Waals surface area contributed by atoms with Crippen molar-refractivity contribution in [3.8, 4) is 22.6 Å². The van der Waals surface area contributed by atoms with Crippen LogP contribution in [0.3, 0.4) is 0 Å². The molecule has 86 heavy (non-hydrogen) atoms. The summed E-state index contributed by atoms with van der Waals surface area (Å²) in [6.07, 6.45) is 0. The van der Waals surface area contributed by atoms with Gasteiger partial charge in [0, 0.05) is 11.1 Å². The summed E-state index contributed by atoms with van der Waals surface area (Å²) in [6.45, 7) is 21.3. The van der Waals surface area contributed by atoms with Crippen molar-refractivity contribution in [3.05, 3.63) is 48.5 Å². The second-order valence-corrected chi connectivity index (χ2v) is 17.6. The minimum absolute atomic E-state index is 0.0155. The highest BCUT2D eigenvalue weighted by Gasteiger charge is 2.12. The van der Waals surface area contributed by atoms with Gasteiger partial charge in [0.2, 0.25) is 0 Å². The Morgan fingerprint density at radius 3 is 0.442 bits per heavy atom. The Morgan fingerprint density at radius 1 is 0.163 bits per heavy atom. The Morgan fingerprint density at radius 2 is 0.291 bits per heavy atom. The van der Waals surface area contributed by atoms with Gasteiger partial charge in [-0.05, 0) is 12.1 Å². The number of benzene rings is 2. The first-order valence-corrected chi connectivity index (χ1v) is 30.2. The topological polar surface area (TPSA) is 262 Å². The van der Waals surface area contributed by atoms with E-state index in [9.17, 15) is 0 Å². The molecular formula is C60H106O26. The summed E-state index contributed by atoms with van der Waals surface area (Å²) in [5, 5.41) is 17.3. The molecule has 0 saturated heterocycles. The Kier molecular flexibility index (Phi) is 62.6. The van der Waals surface area contributed by atoms with Gasteiger partial charge in [-0.2, -0.15) is 0 Å². The number of aliphatic hydroxyl groups is 2. The fourth-order valence-electron chi connectivity index (χ4n) is 6.78. The average Bonchev–Trinajstić information content (AvgIpc) is 3.66. The Balaban J connectivity index is 1.28. The molecule has 2 aromatic rings. The molecule has 0 bridgehead atoms. The lowest BCUT2D eigenvalue weighted by Crippen LogP contribution is -2.15. The van der Waals surface area contributed by atoms with Crippen molar-refractivity contribution < 1.29 is 124 Å². The maximum atomic E-state index is 8.63. The SMILES string of the molecule is OCCOCCOCCOCCOCCOCCOCCOCCOCCOCCOCCOCCOc1ccccc1-c1ccccc1OCCOCCOCCOCCOCCOCCOCCOCCOCCOCCOCCOCCO. The zero-order valence-corrected chi connectivity index (χ0v) is 51.3. The fourth-order valence-corrected chi connectivity index (χ4v) is 6.78. The number of aliphatic hydroxyl groups excluding tert-OH is 2. The number of hydrogen-bond acceptors (Lipinski definition) is 26. The highest BCUT2D eigenvalue weighted by Crippen LogP contribution is 2.36. The van der Waals surface area contributed by atoms with E-state index in [-0.39, 0.29) is 13.2 Å². The molecule has 0 radical (unpaired) electrons. The minimum Gasteiger partial charge on any atom is -0.491 e. The van der Waals surface area contributed by atoms with Crippen molar-refractivity contribution in [2.45, 2.75) is 0 Å². The molecule has 0 spiro atoms. The Bertz CT molecular complexity index is 1510. The largest absolute Gasteiger partial charge is 0.491 e. The molecule has 26 heteroatoms. The van der Waals surface area contributed by atoms with Crippen LogP contribution < -0.4 is 9.47 Å². The molecule has 0 aliphatic carbocycles. The Hall–Kier alpha value is -2.92. The molecule has 0 heterocycles. The van der Waals surface area contributed by atoms with Crippen molar-refractivity contribution >= 4 is 0 Å². The van der Waals surface area contributed by atoms with Crippen LogP contribution in [-0.2, 0) is 104 Å². The zero-order chi connectivity index (χ0) is 60.9. The lowest BCUT2D eigenvalue weighted by Gasteiger charge is -2.15. The van der Waals surface area contributed by atoms with Gasteiger partial charge in [-0.1, -0.05) is 36.4 Å². The molecule has 2 rings (SSSR count). The highest BCUT2D eigenvalue weighted by atomic mass is 16.6. The van der Waals surface area contributed by atoms with Gasteiger partial charge in [-0.25, -0.2) is 0 Å². The zero-order valence-electron chi connectivity index (χ0n) is 51.3. The van der Waals surface area contributed by atoms with E-state index in [1.807, 2.05) is 48.5 Å². The van der Waals surface area contributed by atoms with Crippen molar-refractivity contribution in [3.63, 3.8) is 0 Å². The normalized spacial score (nSPS) is 11.6. The second-order valence-electron chi connectivity index (χ2n) is 17.6. The van der Waals surface area contributed by atoms with Crippen LogP contribution in [0.15, 0.2) is 48.5 Å². The maximum absolute atomic E-state index is 8.63. The van der Waals surface area contributed by atoms with Crippen molar-refractivity contribution in [1.29, 1.82) is 0 Å². The van der Waals surface area contributed by atoms with Crippen LogP contribution in [0.4, 0.5) is 0 Å². The third-order valence-electron chi connectivity index (χ3n) is 10.9. The summed E-state index contributed by atoms with van der Waals surface area (Å²) in [6, 6.07) is 15.7. The summed E-state index contributed by atoms with van der Waals surface area (Å²) >= 11 is 0. The summed E-state index contributed by atoms with van der Waals surface area (Å²) < 4.78 is 133. The molecule has 0 atom stereocenters. The predicted octanol–water partition coefficient (Wildman–Crippen LogP) is 2.46. The van der Waals surface area contributed by atoms with E-state index >= 15 is 0 Å². The van der Waals surface area contributed by atoms with Crippen LogP contribution in [0.1, 0.15) is 0 Å². The highest BCUT2D eigenvalue weighted by molar-refractivity contribution is 5.75. The summed E-state index contributed by atoms with van der Waals surface area (Å²) in [4.78, 5) is 0. The number of ether oxygens (including phenoxy) is 24. The molecule has 0 saturated carbocycles. The lowest BCUT2D eigenvalue weighted by atomic mass is 10.0. The second kappa shape index (κ2) is 68.0. The number of para-hydroxylation sites is 2. The lowest BCUT2D eigenvalue weighted by molar-refractivity contribution is -0.0280. The number of hydrogen-bond donors (Lipinski definition) is 2. The van der Waals surface area contributed by atoms with Gasteiger partial charge in [-0.3, -0.25) is 0 Å². The van der Waals surface area contributed by atoms with Gasteiger partial charge in [-0.15, -0.1) is 0 Å². The molecule has 0 fully saturated rings. The van der Waals surface area contributed by atoms with Gasteiger partial charge in [0.15, 0.2) is 0 Å². The molecule has 0 amide bonds. The molecule has 26 nitrogen and oxygen atoms in total. The third kappa shape index (κ3) is 55.2. The Labute approximate surface area is 510 Å². The molecule has 0 aliphatic heterocycles.